The molecule has 0 spiro atoms. The van der Waals surface area contributed by atoms with Crippen molar-refractivity contribution in [1.82, 2.24) is 0 Å². The lowest BCUT2D eigenvalue weighted by atomic mass is 10.4. The molecule has 1 unspecified atom stereocenters. The molecule has 0 aromatic heterocycles. The summed E-state index contributed by atoms with van der Waals surface area (Å²) in [6.07, 6.45) is -1.34. The zero-order valence-electron chi connectivity index (χ0n) is 5.74. The molecule has 0 aliphatic carbocycles. The number of hydrogen-bond donors (Lipinski definition) is 2. The number of aliphatic hydroxyl groups excluding tert-OH is 1. The van der Waals surface area contributed by atoms with Gasteiger partial charge in [0.2, 0.25) is 0 Å². The average Bonchev–Trinajstić information content (AvgIpc) is 1.90. The minimum Gasteiger partial charge on any atom is -0.447 e. The van der Waals surface area contributed by atoms with Crippen molar-refractivity contribution >= 4 is 6.09 Å². The standard InChI is InChI=1S/C5H11NO4/c1-9-4(2-7)3-10-5(6)8/h4,7H,2-3H2,1H3,(H2,6,8). The van der Waals surface area contributed by atoms with Gasteiger partial charge in [0.15, 0.2) is 0 Å². The summed E-state index contributed by atoms with van der Waals surface area (Å²) in [6, 6.07) is 0. The predicted molar refractivity (Wildman–Crippen MR) is 33.4 cm³/mol. The van der Waals surface area contributed by atoms with Crippen molar-refractivity contribution in [3.63, 3.8) is 0 Å². The summed E-state index contributed by atoms with van der Waals surface area (Å²) in [5.41, 5.74) is 4.65. The number of ether oxygens (including phenoxy) is 2. The van der Waals surface area contributed by atoms with Crippen molar-refractivity contribution in [3.05, 3.63) is 0 Å². The second-order valence-corrected chi connectivity index (χ2v) is 1.67. The van der Waals surface area contributed by atoms with Gasteiger partial charge < -0.3 is 20.3 Å². The topological polar surface area (TPSA) is 81.8 Å². The van der Waals surface area contributed by atoms with Crippen LogP contribution in [0.1, 0.15) is 0 Å². The highest BCUT2D eigenvalue weighted by Gasteiger charge is 2.06. The fraction of sp³-hybridized carbons (Fsp3) is 0.800. The average molecular weight is 149 g/mol. The zero-order chi connectivity index (χ0) is 7.98. The molecule has 0 saturated heterocycles. The minimum absolute atomic E-state index is 0.0116. The Morgan fingerprint density at radius 3 is 2.70 bits per heavy atom. The molecule has 1 amide bonds. The quantitative estimate of drug-likeness (QED) is 0.542. The van der Waals surface area contributed by atoms with E-state index in [9.17, 15) is 4.79 Å². The van der Waals surface area contributed by atoms with Crippen LogP contribution in [0.25, 0.3) is 0 Å². The van der Waals surface area contributed by atoms with Gasteiger partial charge in [0.25, 0.3) is 0 Å². The second-order valence-electron chi connectivity index (χ2n) is 1.67. The molecule has 3 N–H and O–H groups in total. The Hall–Kier alpha value is -0.810. The second kappa shape index (κ2) is 5.01. The van der Waals surface area contributed by atoms with Gasteiger partial charge in [-0.2, -0.15) is 0 Å². The SMILES string of the molecule is COC(CO)COC(N)=O. The lowest BCUT2D eigenvalue weighted by Gasteiger charge is -2.10. The largest absolute Gasteiger partial charge is 0.447 e. The lowest BCUT2D eigenvalue weighted by molar-refractivity contribution is 0.00357. The van der Waals surface area contributed by atoms with Gasteiger partial charge in [-0.05, 0) is 0 Å². The molecule has 0 aliphatic heterocycles. The van der Waals surface area contributed by atoms with Gasteiger partial charge in [-0.3, -0.25) is 0 Å². The Kier molecular flexibility index (Phi) is 4.61. The summed E-state index contributed by atoms with van der Waals surface area (Å²) < 4.78 is 9.01. The third-order valence-corrected chi connectivity index (χ3v) is 0.948. The van der Waals surface area contributed by atoms with Crippen molar-refractivity contribution in [1.29, 1.82) is 0 Å². The van der Waals surface area contributed by atoms with Gasteiger partial charge >= 0.3 is 6.09 Å². The fourth-order valence-corrected chi connectivity index (χ4v) is 0.370. The molecule has 0 heterocycles. The minimum atomic E-state index is -0.865. The molecular weight excluding hydrogens is 138 g/mol. The highest BCUT2D eigenvalue weighted by atomic mass is 16.6. The van der Waals surface area contributed by atoms with Crippen LogP contribution in [0.15, 0.2) is 0 Å². The van der Waals surface area contributed by atoms with Crippen LogP contribution in [0.5, 0.6) is 0 Å². The number of methoxy groups -OCH3 is 1. The number of carbonyl (C=O) groups excluding carboxylic acids is 1. The van der Waals surface area contributed by atoms with E-state index in [0.717, 1.165) is 0 Å². The Morgan fingerprint density at radius 1 is 1.80 bits per heavy atom. The van der Waals surface area contributed by atoms with Crippen LogP contribution in [0, 0.1) is 0 Å². The highest BCUT2D eigenvalue weighted by Crippen LogP contribution is 1.88. The van der Waals surface area contributed by atoms with E-state index in [1.54, 1.807) is 0 Å². The lowest BCUT2D eigenvalue weighted by Crippen LogP contribution is -2.26. The van der Waals surface area contributed by atoms with Crippen LogP contribution in [-0.2, 0) is 9.47 Å². The van der Waals surface area contributed by atoms with Crippen LogP contribution in [0.3, 0.4) is 0 Å². The van der Waals surface area contributed by atoms with Gasteiger partial charge in [-0.1, -0.05) is 0 Å². The van der Waals surface area contributed by atoms with Crippen LogP contribution >= 0.6 is 0 Å². The summed E-state index contributed by atoms with van der Waals surface area (Å²) in [5.74, 6) is 0. The third kappa shape index (κ3) is 4.11. The van der Waals surface area contributed by atoms with Gasteiger partial charge in [0.1, 0.15) is 12.7 Å². The molecule has 1 atom stereocenters. The molecule has 0 aromatic rings. The van der Waals surface area contributed by atoms with E-state index in [-0.39, 0.29) is 13.2 Å². The molecule has 60 valence electrons. The number of nitrogens with two attached hydrogens (primary N) is 1. The Balaban J connectivity index is 3.34. The summed E-state index contributed by atoms with van der Waals surface area (Å²) >= 11 is 0. The Labute approximate surface area is 58.7 Å². The number of hydrogen-bond acceptors (Lipinski definition) is 4. The fourth-order valence-electron chi connectivity index (χ4n) is 0.370. The third-order valence-electron chi connectivity index (χ3n) is 0.948. The van der Waals surface area contributed by atoms with Gasteiger partial charge in [-0.15, -0.1) is 0 Å². The van der Waals surface area contributed by atoms with E-state index in [1.165, 1.54) is 7.11 Å². The van der Waals surface area contributed by atoms with Crippen molar-refractivity contribution in [2.24, 2.45) is 5.73 Å². The first kappa shape index (κ1) is 9.19. The molecular formula is C5H11NO4. The Morgan fingerprint density at radius 2 is 2.40 bits per heavy atom. The van der Waals surface area contributed by atoms with Crippen LogP contribution in [-0.4, -0.2) is 37.6 Å². The summed E-state index contributed by atoms with van der Waals surface area (Å²) in [4.78, 5) is 10.00. The maximum atomic E-state index is 10.00. The van der Waals surface area contributed by atoms with Crippen molar-refractivity contribution in [2.75, 3.05) is 20.3 Å². The predicted octanol–water partition coefficient (Wildman–Crippen LogP) is -0.911. The summed E-state index contributed by atoms with van der Waals surface area (Å²) in [6.45, 7) is -0.202. The first-order valence-electron chi connectivity index (χ1n) is 2.76. The molecule has 0 bridgehead atoms. The highest BCUT2D eigenvalue weighted by molar-refractivity contribution is 5.64. The summed E-state index contributed by atoms with van der Waals surface area (Å²) in [5, 5.41) is 8.48. The molecule has 0 rings (SSSR count). The van der Waals surface area contributed by atoms with Gasteiger partial charge in [0.05, 0.1) is 6.61 Å². The number of amides is 1. The molecule has 0 aliphatic rings. The Bertz CT molecular complexity index is 102. The summed E-state index contributed by atoms with van der Waals surface area (Å²) in [7, 11) is 1.41. The number of rotatable bonds is 4. The maximum Gasteiger partial charge on any atom is 0.404 e. The first-order chi connectivity index (χ1) is 4.70. The van der Waals surface area contributed by atoms with Crippen molar-refractivity contribution in [3.8, 4) is 0 Å². The van der Waals surface area contributed by atoms with E-state index in [2.05, 4.69) is 15.2 Å². The van der Waals surface area contributed by atoms with Crippen LogP contribution < -0.4 is 5.73 Å². The molecule has 5 nitrogen and oxygen atoms in total. The molecule has 0 fully saturated rings. The molecule has 0 saturated carbocycles. The number of carbonyl (C=O) groups is 1. The molecule has 5 heteroatoms. The van der Waals surface area contributed by atoms with Gasteiger partial charge in [-0.25, -0.2) is 4.79 Å². The first-order valence-corrected chi connectivity index (χ1v) is 2.76. The maximum absolute atomic E-state index is 10.00. The molecule has 0 aromatic carbocycles. The molecule has 0 radical (unpaired) electrons. The van der Waals surface area contributed by atoms with E-state index >= 15 is 0 Å². The normalized spacial score (nSPS) is 12.6. The number of primary amides is 1. The molecule has 10 heavy (non-hydrogen) atoms. The van der Waals surface area contributed by atoms with Crippen LogP contribution in [0.4, 0.5) is 4.79 Å². The van der Waals surface area contributed by atoms with E-state index in [0.29, 0.717) is 0 Å². The van der Waals surface area contributed by atoms with Gasteiger partial charge in [0, 0.05) is 7.11 Å². The van der Waals surface area contributed by atoms with Crippen molar-refractivity contribution < 1.29 is 19.4 Å². The number of aliphatic hydroxyl groups is 1. The zero-order valence-corrected chi connectivity index (χ0v) is 5.74. The van der Waals surface area contributed by atoms with E-state index in [4.69, 9.17) is 5.11 Å². The van der Waals surface area contributed by atoms with E-state index < -0.39 is 12.2 Å². The smallest absolute Gasteiger partial charge is 0.404 e. The monoisotopic (exact) mass is 149 g/mol. The van der Waals surface area contributed by atoms with Crippen LogP contribution in [0.2, 0.25) is 0 Å². The van der Waals surface area contributed by atoms with E-state index in [1.807, 2.05) is 0 Å². The van der Waals surface area contributed by atoms with Crippen molar-refractivity contribution in [2.45, 2.75) is 6.10 Å².